The van der Waals surface area contributed by atoms with E-state index >= 15 is 0 Å². The molecule has 4 rings (SSSR count). The first kappa shape index (κ1) is 29.6. The molecule has 2 aromatic rings. The van der Waals surface area contributed by atoms with Gasteiger partial charge in [-0.15, -0.1) is 0 Å². The smallest absolute Gasteiger partial charge is 0.411 e. The van der Waals surface area contributed by atoms with Gasteiger partial charge in [0, 0.05) is 51.1 Å². The Morgan fingerprint density at radius 2 is 1.77 bits per heavy atom. The van der Waals surface area contributed by atoms with Crippen LogP contribution in [0.15, 0.2) is 24.4 Å². The molecule has 1 aliphatic carbocycles. The van der Waals surface area contributed by atoms with Crippen LogP contribution in [-0.4, -0.2) is 61.4 Å². The average molecular weight is 568 g/mol. The van der Waals surface area contributed by atoms with Crippen LogP contribution in [0.4, 0.5) is 18.0 Å². The summed E-state index contributed by atoms with van der Waals surface area (Å²) in [6.07, 6.45) is 5.02. The van der Waals surface area contributed by atoms with E-state index in [0.717, 1.165) is 43.3 Å². The van der Waals surface area contributed by atoms with Gasteiger partial charge < -0.3 is 19.1 Å². The van der Waals surface area contributed by atoms with Gasteiger partial charge in [0.2, 0.25) is 0 Å². The highest BCUT2D eigenvalue weighted by atomic mass is 28.3. The molecule has 2 heterocycles. The first-order valence-corrected chi connectivity index (χ1v) is 17.6. The topological polar surface area (TPSA) is 65.8 Å². The Bertz CT molecular complexity index is 1100. The van der Waals surface area contributed by atoms with Gasteiger partial charge in [0.15, 0.2) is 18.4 Å². The highest BCUT2D eigenvalue weighted by Gasteiger charge is 2.30. The van der Waals surface area contributed by atoms with Crippen LogP contribution < -0.4 is 0 Å². The number of halogens is 3. The number of likely N-dealkylation sites (tertiary alicyclic amines) is 1. The van der Waals surface area contributed by atoms with Crippen molar-refractivity contribution in [2.75, 3.05) is 26.5 Å². The van der Waals surface area contributed by atoms with Gasteiger partial charge >= 0.3 is 6.09 Å². The maximum Gasteiger partial charge on any atom is 0.411 e. The first-order valence-electron chi connectivity index (χ1n) is 13.9. The third-order valence-electron chi connectivity index (χ3n) is 7.71. The van der Waals surface area contributed by atoms with Crippen LogP contribution in [0.3, 0.4) is 0 Å². The van der Waals surface area contributed by atoms with Crippen LogP contribution in [0.25, 0.3) is 0 Å². The molecule has 1 amide bonds. The van der Waals surface area contributed by atoms with Crippen molar-refractivity contribution in [3.05, 3.63) is 53.1 Å². The summed E-state index contributed by atoms with van der Waals surface area (Å²) in [5.74, 6) is -3.11. The maximum atomic E-state index is 14.1. The molecular formula is C28H40F3N3O4Si. The number of hydrogen-bond donors (Lipinski definition) is 0. The van der Waals surface area contributed by atoms with Crippen LogP contribution in [0.5, 0.6) is 0 Å². The fourth-order valence-electron chi connectivity index (χ4n) is 5.42. The number of benzene rings is 1. The summed E-state index contributed by atoms with van der Waals surface area (Å²) in [4.78, 5) is 14.5. The van der Waals surface area contributed by atoms with Crippen LogP contribution in [0.2, 0.25) is 25.7 Å². The van der Waals surface area contributed by atoms with E-state index < -0.39 is 37.5 Å². The van der Waals surface area contributed by atoms with Gasteiger partial charge in [-0.1, -0.05) is 19.6 Å². The third-order valence-corrected chi connectivity index (χ3v) is 9.41. The number of carbonyl (C=O) groups is 1. The van der Waals surface area contributed by atoms with Crippen LogP contribution in [0, 0.1) is 17.5 Å². The number of nitrogens with zero attached hydrogens (tertiary/aromatic N) is 3. The number of piperidine rings is 1. The standard InChI is InChI=1S/C28H40F3N3O4Si/c1-39(2,3)16-15-36-18-34-25(12-13-32-34)21-5-4-14-33(17-21)28(35)38-19-37-22-8-6-20(7-9-22)26-23(29)10-11-24(30)27(26)31/h10-13,20-22H,4-9,14-19H2,1-3H3. The van der Waals surface area contributed by atoms with Gasteiger partial charge in [0.1, 0.15) is 12.5 Å². The van der Waals surface area contributed by atoms with Crippen LogP contribution in [0.1, 0.15) is 61.6 Å². The zero-order valence-electron chi connectivity index (χ0n) is 23.1. The van der Waals surface area contributed by atoms with E-state index in [0.29, 0.717) is 45.5 Å². The van der Waals surface area contributed by atoms with Gasteiger partial charge in [-0.25, -0.2) is 22.6 Å². The van der Waals surface area contributed by atoms with Gasteiger partial charge in [0.05, 0.1) is 6.10 Å². The van der Waals surface area contributed by atoms with Crippen molar-refractivity contribution in [3.8, 4) is 0 Å². The van der Waals surface area contributed by atoms with Gasteiger partial charge in [0.25, 0.3) is 0 Å². The minimum atomic E-state index is -1.16. The van der Waals surface area contributed by atoms with Crippen LogP contribution in [-0.2, 0) is 20.9 Å². The Morgan fingerprint density at radius 1 is 1.03 bits per heavy atom. The molecule has 2 fully saturated rings. The molecule has 1 saturated carbocycles. The lowest BCUT2D eigenvalue weighted by Crippen LogP contribution is -2.40. The van der Waals surface area contributed by atoms with Gasteiger partial charge in [-0.3, -0.25) is 0 Å². The minimum Gasteiger partial charge on any atom is -0.422 e. The second-order valence-electron chi connectivity index (χ2n) is 11.8. The summed E-state index contributed by atoms with van der Waals surface area (Å²) < 4.78 is 60.8. The normalized spacial score (nSPS) is 22.2. The second-order valence-corrected chi connectivity index (χ2v) is 17.4. The summed E-state index contributed by atoms with van der Waals surface area (Å²) in [5, 5.41) is 4.42. The number of hydrogen-bond acceptors (Lipinski definition) is 5. The maximum absolute atomic E-state index is 14.1. The summed E-state index contributed by atoms with van der Waals surface area (Å²) in [7, 11) is -1.16. The lowest BCUT2D eigenvalue weighted by atomic mass is 9.82. The van der Waals surface area contributed by atoms with Crippen molar-refractivity contribution in [2.24, 2.45) is 0 Å². The number of amides is 1. The van der Waals surface area contributed by atoms with Crippen molar-refractivity contribution < 1.29 is 32.2 Å². The van der Waals surface area contributed by atoms with Crippen molar-refractivity contribution in [1.82, 2.24) is 14.7 Å². The summed E-state index contributed by atoms with van der Waals surface area (Å²) in [6, 6.07) is 4.86. The number of aromatic nitrogens is 2. The van der Waals surface area contributed by atoms with E-state index in [4.69, 9.17) is 14.2 Å². The predicted molar refractivity (Wildman–Crippen MR) is 144 cm³/mol. The van der Waals surface area contributed by atoms with Gasteiger partial charge in [-0.2, -0.15) is 5.10 Å². The lowest BCUT2D eigenvalue weighted by molar-refractivity contribution is -0.0778. The second kappa shape index (κ2) is 13.3. The third kappa shape index (κ3) is 8.08. The molecule has 1 atom stereocenters. The van der Waals surface area contributed by atoms with Gasteiger partial charge in [-0.05, 0) is 68.7 Å². The monoisotopic (exact) mass is 567 g/mol. The predicted octanol–water partition coefficient (Wildman–Crippen LogP) is 6.63. The summed E-state index contributed by atoms with van der Waals surface area (Å²) >= 11 is 0. The zero-order chi connectivity index (χ0) is 28.0. The average Bonchev–Trinajstić information content (AvgIpc) is 3.38. The fraction of sp³-hybridized carbons (Fsp3) is 0.643. The van der Waals surface area contributed by atoms with E-state index in [1.54, 1.807) is 11.1 Å². The highest BCUT2D eigenvalue weighted by molar-refractivity contribution is 6.76. The van der Waals surface area contributed by atoms with Crippen molar-refractivity contribution in [1.29, 1.82) is 0 Å². The quantitative estimate of drug-likeness (QED) is 0.140. The van der Waals surface area contributed by atoms with Crippen molar-refractivity contribution >= 4 is 14.2 Å². The minimum absolute atomic E-state index is 0.147. The molecule has 39 heavy (non-hydrogen) atoms. The molecule has 2 aliphatic rings. The van der Waals surface area contributed by atoms with E-state index in [9.17, 15) is 18.0 Å². The molecule has 0 radical (unpaired) electrons. The Balaban J connectivity index is 1.19. The van der Waals surface area contributed by atoms with Crippen LogP contribution >= 0.6 is 0 Å². The Kier molecular flexibility index (Phi) is 10.1. The largest absolute Gasteiger partial charge is 0.422 e. The van der Waals surface area contributed by atoms with Crippen molar-refractivity contribution in [3.63, 3.8) is 0 Å². The summed E-state index contributed by atoms with van der Waals surface area (Å²) in [5.41, 5.74) is 0.874. The Hall–Kier alpha value is -2.37. The van der Waals surface area contributed by atoms with E-state index in [-0.39, 0.29) is 24.4 Å². The van der Waals surface area contributed by atoms with E-state index in [1.807, 2.05) is 10.7 Å². The fourth-order valence-corrected chi connectivity index (χ4v) is 6.18. The molecule has 216 valence electrons. The summed E-state index contributed by atoms with van der Waals surface area (Å²) in [6.45, 7) is 9.06. The molecule has 11 heteroatoms. The Morgan fingerprint density at radius 3 is 2.51 bits per heavy atom. The number of carbonyl (C=O) groups excluding carboxylic acids is 1. The lowest BCUT2D eigenvalue weighted by Gasteiger charge is -2.33. The molecule has 1 saturated heterocycles. The molecular weight excluding hydrogens is 527 g/mol. The molecule has 1 aromatic heterocycles. The zero-order valence-corrected chi connectivity index (χ0v) is 24.1. The first-order chi connectivity index (χ1) is 18.6. The highest BCUT2D eigenvalue weighted by Crippen LogP contribution is 2.37. The molecule has 1 unspecified atom stereocenters. The molecule has 1 aromatic carbocycles. The molecule has 0 spiro atoms. The van der Waals surface area contributed by atoms with E-state index in [2.05, 4.69) is 24.7 Å². The molecule has 1 aliphatic heterocycles. The van der Waals surface area contributed by atoms with E-state index in [1.165, 1.54) is 0 Å². The molecule has 0 bridgehead atoms. The molecule has 7 nitrogen and oxygen atoms in total. The number of ether oxygens (including phenoxy) is 3. The van der Waals surface area contributed by atoms with Crippen molar-refractivity contribution in [2.45, 2.75) is 88.9 Å². The Labute approximate surface area is 229 Å². The number of rotatable bonds is 10. The molecule has 0 N–H and O–H groups in total. The SMILES string of the molecule is C[Si](C)(C)CCOCn1nccc1C1CCCN(C(=O)OCOC2CCC(c3c(F)ccc(F)c3F)CC2)C1.